The second kappa shape index (κ2) is 7.97. The first kappa shape index (κ1) is 19.4. The lowest BCUT2D eigenvalue weighted by Crippen LogP contribution is -2.55. The normalized spacial score (nSPS) is 24.4. The second-order valence-corrected chi connectivity index (χ2v) is 7.41. The van der Waals surface area contributed by atoms with Gasteiger partial charge < -0.3 is 15.3 Å². The molecular formula is C19H27NO5. The van der Waals surface area contributed by atoms with Crippen LogP contribution in [0.4, 0.5) is 0 Å². The standard InChI is InChI=1S/C19H27NO5/c1-13(2)6-8-19(18(24)25)12-20(9-7-16(19)21)11-14-4-3-5-15(10-14)17(22)23/h3-5,10,13,16,21H,6-9,11-12H2,1-2H3,(H,22,23)(H,24,25)/t16-,19-/m1/s1. The largest absolute Gasteiger partial charge is 0.481 e. The lowest BCUT2D eigenvalue weighted by atomic mass is 9.72. The molecule has 1 aliphatic heterocycles. The SMILES string of the molecule is CC(C)CC[C@@]1(C(=O)O)CN(Cc2cccc(C(=O)O)c2)CC[C@H]1O. The summed E-state index contributed by atoms with van der Waals surface area (Å²) in [5, 5.41) is 29.3. The fraction of sp³-hybridized carbons (Fsp3) is 0.579. The van der Waals surface area contributed by atoms with E-state index >= 15 is 0 Å². The molecule has 0 aromatic heterocycles. The number of rotatable bonds is 7. The van der Waals surface area contributed by atoms with Crippen LogP contribution in [0.2, 0.25) is 0 Å². The number of aliphatic carboxylic acids is 1. The molecule has 3 N–H and O–H groups in total. The van der Waals surface area contributed by atoms with Crippen LogP contribution in [0.3, 0.4) is 0 Å². The Kier molecular flexibility index (Phi) is 6.19. The fourth-order valence-electron chi connectivity index (χ4n) is 3.47. The van der Waals surface area contributed by atoms with Gasteiger partial charge in [-0.2, -0.15) is 0 Å². The number of benzene rings is 1. The minimum Gasteiger partial charge on any atom is -0.481 e. The highest BCUT2D eigenvalue weighted by Crippen LogP contribution is 2.37. The Morgan fingerprint density at radius 1 is 1.32 bits per heavy atom. The Hall–Kier alpha value is -1.92. The van der Waals surface area contributed by atoms with E-state index < -0.39 is 23.5 Å². The Morgan fingerprint density at radius 2 is 2.04 bits per heavy atom. The Balaban J connectivity index is 2.16. The maximum absolute atomic E-state index is 12.0. The zero-order valence-electron chi connectivity index (χ0n) is 14.8. The van der Waals surface area contributed by atoms with Gasteiger partial charge in [0.2, 0.25) is 0 Å². The van der Waals surface area contributed by atoms with E-state index in [2.05, 4.69) is 0 Å². The molecule has 1 aliphatic rings. The van der Waals surface area contributed by atoms with Crippen LogP contribution in [-0.2, 0) is 11.3 Å². The second-order valence-electron chi connectivity index (χ2n) is 7.41. The Bertz CT molecular complexity index is 630. The Labute approximate surface area is 148 Å². The molecule has 6 heteroatoms. The zero-order chi connectivity index (χ0) is 18.6. The predicted molar refractivity (Wildman–Crippen MR) is 93.4 cm³/mol. The van der Waals surface area contributed by atoms with Crippen LogP contribution < -0.4 is 0 Å². The van der Waals surface area contributed by atoms with Crippen LogP contribution in [0.5, 0.6) is 0 Å². The molecule has 0 spiro atoms. The van der Waals surface area contributed by atoms with Crippen molar-refractivity contribution >= 4 is 11.9 Å². The summed E-state index contributed by atoms with van der Waals surface area (Å²) in [5.41, 5.74) is -0.106. The van der Waals surface area contributed by atoms with Gasteiger partial charge in [0, 0.05) is 19.6 Å². The van der Waals surface area contributed by atoms with E-state index in [0.29, 0.717) is 31.8 Å². The lowest BCUT2D eigenvalue weighted by Gasteiger charge is -2.43. The summed E-state index contributed by atoms with van der Waals surface area (Å²) in [7, 11) is 0. The van der Waals surface area contributed by atoms with Gasteiger partial charge in [-0.3, -0.25) is 9.69 Å². The first-order chi connectivity index (χ1) is 11.7. The molecule has 0 aliphatic carbocycles. The van der Waals surface area contributed by atoms with Crippen LogP contribution in [0.1, 0.15) is 49.0 Å². The van der Waals surface area contributed by atoms with Crippen molar-refractivity contribution in [3.63, 3.8) is 0 Å². The zero-order valence-corrected chi connectivity index (χ0v) is 14.8. The topological polar surface area (TPSA) is 98.1 Å². The summed E-state index contributed by atoms with van der Waals surface area (Å²) >= 11 is 0. The predicted octanol–water partition coefficient (Wildman–Crippen LogP) is 2.46. The summed E-state index contributed by atoms with van der Waals surface area (Å²) in [6.45, 7) is 5.42. The van der Waals surface area contributed by atoms with E-state index in [4.69, 9.17) is 5.11 Å². The molecule has 1 heterocycles. The molecule has 0 radical (unpaired) electrons. The molecule has 6 nitrogen and oxygen atoms in total. The number of carboxylic acid groups (broad SMARTS) is 2. The van der Waals surface area contributed by atoms with Crippen molar-refractivity contribution in [2.45, 2.75) is 45.8 Å². The van der Waals surface area contributed by atoms with E-state index in [1.54, 1.807) is 12.1 Å². The quantitative estimate of drug-likeness (QED) is 0.699. The summed E-state index contributed by atoms with van der Waals surface area (Å²) < 4.78 is 0. The first-order valence-corrected chi connectivity index (χ1v) is 8.70. The van der Waals surface area contributed by atoms with Gasteiger partial charge in [0.25, 0.3) is 0 Å². The fourth-order valence-corrected chi connectivity index (χ4v) is 3.47. The lowest BCUT2D eigenvalue weighted by molar-refractivity contribution is -0.165. The van der Waals surface area contributed by atoms with Gasteiger partial charge in [0.1, 0.15) is 5.41 Å². The number of nitrogens with zero attached hydrogens (tertiary/aromatic N) is 1. The third kappa shape index (κ3) is 4.58. The van der Waals surface area contributed by atoms with Crippen molar-refractivity contribution in [1.29, 1.82) is 0 Å². The summed E-state index contributed by atoms with van der Waals surface area (Å²) in [6.07, 6.45) is 0.729. The summed E-state index contributed by atoms with van der Waals surface area (Å²) in [5.74, 6) is -1.57. The van der Waals surface area contributed by atoms with Gasteiger partial charge >= 0.3 is 11.9 Å². The summed E-state index contributed by atoms with van der Waals surface area (Å²) in [6, 6.07) is 6.69. The van der Waals surface area contributed by atoms with Crippen LogP contribution in [0, 0.1) is 11.3 Å². The molecule has 1 saturated heterocycles. The minimum atomic E-state index is -1.16. The van der Waals surface area contributed by atoms with E-state index in [1.165, 1.54) is 6.07 Å². The van der Waals surface area contributed by atoms with Crippen LogP contribution in [0.25, 0.3) is 0 Å². The van der Waals surface area contributed by atoms with Crippen LogP contribution >= 0.6 is 0 Å². The van der Waals surface area contributed by atoms with E-state index in [0.717, 1.165) is 12.0 Å². The van der Waals surface area contributed by atoms with Crippen molar-refractivity contribution in [2.24, 2.45) is 11.3 Å². The molecular weight excluding hydrogens is 322 g/mol. The molecule has 25 heavy (non-hydrogen) atoms. The molecule has 138 valence electrons. The highest BCUT2D eigenvalue weighted by molar-refractivity contribution is 5.87. The van der Waals surface area contributed by atoms with Gasteiger partial charge in [0.05, 0.1) is 11.7 Å². The number of hydrogen-bond donors (Lipinski definition) is 3. The molecule has 1 aromatic carbocycles. The first-order valence-electron chi connectivity index (χ1n) is 8.70. The third-order valence-corrected chi connectivity index (χ3v) is 5.04. The van der Waals surface area contributed by atoms with Gasteiger partial charge in [0.15, 0.2) is 0 Å². The maximum Gasteiger partial charge on any atom is 0.335 e. The number of carbonyl (C=O) groups is 2. The highest BCUT2D eigenvalue weighted by Gasteiger charge is 2.48. The molecule has 1 fully saturated rings. The number of aliphatic hydroxyl groups is 1. The third-order valence-electron chi connectivity index (χ3n) is 5.04. The van der Waals surface area contributed by atoms with Crippen molar-refractivity contribution in [3.8, 4) is 0 Å². The van der Waals surface area contributed by atoms with Crippen molar-refractivity contribution < 1.29 is 24.9 Å². The molecule has 0 unspecified atom stereocenters. The Morgan fingerprint density at radius 3 is 2.64 bits per heavy atom. The number of hydrogen-bond acceptors (Lipinski definition) is 4. The van der Waals surface area contributed by atoms with E-state index in [1.807, 2.05) is 24.8 Å². The van der Waals surface area contributed by atoms with Gasteiger partial charge in [-0.15, -0.1) is 0 Å². The molecule has 0 bridgehead atoms. The van der Waals surface area contributed by atoms with E-state index in [-0.39, 0.29) is 12.1 Å². The van der Waals surface area contributed by atoms with Gasteiger partial charge in [-0.1, -0.05) is 26.0 Å². The molecule has 2 atom stereocenters. The van der Waals surface area contributed by atoms with Crippen molar-refractivity contribution in [2.75, 3.05) is 13.1 Å². The van der Waals surface area contributed by atoms with Crippen LogP contribution in [-0.4, -0.2) is 51.4 Å². The molecule has 1 aromatic rings. The van der Waals surface area contributed by atoms with Gasteiger partial charge in [-0.05, 0) is 42.9 Å². The number of aromatic carboxylic acids is 1. The minimum absolute atomic E-state index is 0.221. The average molecular weight is 349 g/mol. The number of likely N-dealkylation sites (tertiary alicyclic amines) is 1. The highest BCUT2D eigenvalue weighted by atomic mass is 16.4. The molecule has 0 amide bonds. The monoisotopic (exact) mass is 349 g/mol. The van der Waals surface area contributed by atoms with Crippen molar-refractivity contribution in [1.82, 2.24) is 4.90 Å². The number of piperidine rings is 1. The van der Waals surface area contributed by atoms with E-state index in [9.17, 15) is 19.8 Å². The van der Waals surface area contributed by atoms with Gasteiger partial charge in [-0.25, -0.2) is 4.79 Å². The average Bonchev–Trinajstić information content (AvgIpc) is 2.55. The van der Waals surface area contributed by atoms with Crippen molar-refractivity contribution in [3.05, 3.63) is 35.4 Å². The van der Waals surface area contributed by atoms with Crippen LogP contribution in [0.15, 0.2) is 24.3 Å². The molecule has 2 rings (SSSR count). The number of carboxylic acids is 2. The smallest absolute Gasteiger partial charge is 0.335 e. The number of aliphatic hydroxyl groups excluding tert-OH is 1. The summed E-state index contributed by atoms with van der Waals surface area (Å²) in [4.78, 5) is 25.1. The molecule has 0 saturated carbocycles. The maximum atomic E-state index is 12.0.